The predicted octanol–water partition coefficient (Wildman–Crippen LogP) is 3.81. The number of aromatic nitrogens is 1. The first kappa shape index (κ1) is 14.1. The summed E-state index contributed by atoms with van der Waals surface area (Å²) in [6.45, 7) is 5.20. The summed E-state index contributed by atoms with van der Waals surface area (Å²) in [5, 5.41) is 3.55. The molecule has 1 heterocycles. The number of hydrogen-bond donors (Lipinski definition) is 1. The molecule has 100 valence electrons. The predicted molar refractivity (Wildman–Crippen MR) is 82.7 cm³/mol. The number of rotatable bonds is 5. The molecule has 0 radical (unpaired) electrons. The summed E-state index contributed by atoms with van der Waals surface area (Å²) < 4.78 is 0. The van der Waals surface area contributed by atoms with Crippen LogP contribution in [0.15, 0.2) is 47.6 Å². The van der Waals surface area contributed by atoms with Crippen LogP contribution in [0.1, 0.15) is 29.7 Å². The van der Waals surface area contributed by atoms with Crippen molar-refractivity contribution in [3.63, 3.8) is 0 Å². The van der Waals surface area contributed by atoms with Crippen molar-refractivity contribution in [2.75, 3.05) is 12.8 Å². The molecule has 1 atom stereocenters. The average Bonchev–Trinajstić information content (AvgIpc) is 2.46. The van der Waals surface area contributed by atoms with E-state index in [1.54, 1.807) is 11.8 Å². The number of benzene rings is 1. The molecule has 0 aliphatic heterocycles. The molecule has 2 rings (SSSR count). The van der Waals surface area contributed by atoms with Crippen molar-refractivity contribution in [2.45, 2.75) is 24.8 Å². The molecule has 0 aliphatic carbocycles. The van der Waals surface area contributed by atoms with Gasteiger partial charge in [-0.05, 0) is 54.6 Å². The van der Waals surface area contributed by atoms with E-state index in [1.807, 2.05) is 12.4 Å². The van der Waals surface area contributed by atoms with E-state index in [4.69, 9.17) is 0 Å². The zero-order chi connectivity index (χ0) is 13.7. The molecule has 0 bridgehead atoms. The van der Waals surface area contributed by atoms with Crippen molar-refractivity contribution in [3.05, 3.63) is 59.4 Å². The van der Waals surface area contributed by atoms with Crippen LogP contribution in [0.25, 0.3) is 0 Å². The Hall–Kier alpha value is -1.32. The van der Waals surface area contributed by atoms with Crippen molar-refractivity contribution in [1.29, 1.82) is 0 Å². The second-order valence-corrected chi connectivity index (χ2v) is 5.38. The van der Waals surface area contributed by atoms with Gasteiger partial charge < -0.3 is 5.32 Å². The summed E-state index contributed by atoms with van der Waals surface area (Å²) >= 11 is 1.77. The van der Waals surface area contributed by atoms with Crippen LogP contribution in [0.5, 0.6) is 0 Å². The van der Waals surface area contributed by atoms with E-state index >= 15 is 0 Å². The first-order chi connectivity index (χ1) is 9.26. The van der Waals surface area contributed by atoms with E-state index in [1.165, 1.54) is 21.6 Å². The maximum absolute atomic E-state index is 4.26. The summed E-state index contributed by atoms with van der Waals surface area (Å²) in [6, 6.07) is 11.0. The van der Waals surface area contributed by atoms with Crippen molar-refractivity contribution in [3.8, 4) is 0 Å². The lowest BCUT2D eigenvalue weighted by molar-refractivity contribution is 0.625. The highest BCUT2D eigenvalue weighted by molar-refractivity contribution is 7.98. The molecular weight excluding hydrogens is 252 g/mol. The minimum Gasteiger partial charge on any atom is -0.306 e. The smallest absolute Gasteiger partial charge is 0.0594 e. The van der Waals surface area contributed by atoms with E-state index in [9.17, 15) is 0 Å². The van der Waals surface area contributed by atoms with E-state index in [2.05, 4.69) is 60.7 Å². The van der Waals surface area contributed by atoms with Crippen LogP contribution in [-0.4, -0.2) is 17.8 Å². The third-order valence-corrected chi connectivity index (χ3v) is 3.99. The normalized spacial score (nSPS) is 12.4. The fourth-order valence-electron chi connectivity index (χ4n) is 2.19. The summed E-state index contributed by atoms with van der Waals surface area (Å²) in [5.41, 5.74) is 3.81. The summed E-state index contributed by atoms with van der Waals surface area (Å²) in [4.78, 5) is 5.56. The first-order valence-electron chi connectivity index (χ1n) is 6.54. The fourth-order valence-corrected chi connectivity index (χ4v) is 2.59. The second-order valence-electron chi connectivity index (χ2n) is 4.50. The number of thioether (sulfide) groups is 1. The molecule has 0 fully saturated rings. The van der Waals surface area contributed by atoms with Gasteiger partial charge in [0.1, 0.15) is 0 Å². The molecule has 19 heavy (non-hydrogen) atoms. The summed E-state index contributed by atoms with van der Waals surface area (Å²) in [6.07, 6.45) is 5.91. The van der Waals surface area contributed by atoms with Crippen molar-refractivity contribution >= 4 is 11.8 Å². The standard InChI is InChI=1S/C16H20N2S/c1-4-18-16(15-11-17-10-9-12(15)2)13-5-7-14(19-3)8-6-13/h5-11,16,18H,4H2,1-3H3. The SMILES string of the molecule is CCNC(c1ccc(SC)cc1)c1cnccc1C. The minimum absolute atomic E-state index is 0.217. The fraction of sp³-hybridized carbons (Fsp3) is 0.312. The molecule has 0 saturated heterocycles. The van der Waals surface area contributed by atoms with E-state index in [0.29, 0.717) is 0 Å². The minimum atomic E-state index is 0.217. The average molecular weight is 272 g/mol. The Balaban J connectivity index is 2.36. The van der Waals surface area contributed by atoms with Gasteiger partial charge in [0.05, 0.1) is 6.04 Å². The third kappa shape index (κ3) is 3.37. The molecule has 1 aromatic carbocycles. The van der Waals surface area contributed by atoms with Gasteiger partial charge in [-0.3, -0.25) is 4.98 Å². The molecule has 0 saturated carbocycles. The van der Waals surface area contributed by atoms with Crippen molar-refractivity contribution < 1.29 is 0 Å². The molecule has 1 unspecified atom stereocenters. The van der Waals surface area contributed by atoms with Gasteiger partial charge in [0, 0.05) is 17.3 Å². The van der Waals surface area contributed by atoms with Gasteiger partial charge in [0.25, 0.3) is 0 Å². The van der Waals surface area contributed by atoms with Crippen LogP contribution in [0.2, 0.25) is 0 Å². The van der Waals surface area contributed by atoms with Gasteiger partial charge in [-0.25, -0.2) is 0 Å². The van der Waals surface area contributed by atoms with Crippen LogP contribution < -0.4 is 5.32 Å². The van der Waals surface area contributed by atoms with Gasteiger partial charge in [-0.1, -0.05) is 19.1 Å². The number of nitrogens with one attached hydrogen (secondary N) is 1. The van der Waals surface area contributed by atoms with Crippen LogP contribution in [0.4, 0.5) is 0 Å². The zero-order valence-corrected chi connectivity index (χ0v) is 12.5. The molecule has 2 aromatic rings. The maximum Gasteiger partial charge on any atom is 0.0594 e. The molecule has 1 aromatic heterocycles. The Labute approximate surface area is 119 Å². The van der Waals surface area contributed by atoms with Gasteiger partial charge in [-0.2, -0.15) is 0 Å². The lowest BCUT2D eigenvalue weighted by Crippen LogP contribution is -2.22. The van der Waals surface area contributed by atoms with Crippen LogP contribution >= 0.6 is 11.8 Å². The maximum atomic E-state index is 4.26. The van der Waals surface area contributed by atoms with Crippen molar-refractivity contribution in [1.82, 2.24) is 10.3 Å². The molecule has 0 spiro atoms. The quantitative estimate of drug-likeness (QED) is 0.838. The van der Waals surface area contributed by atoms with Gasteiger partial charge in [0.15, 0.2) is 0 Å². The molecule has 2 nitrogen and oxygen atoms in total. The molecule has 0 aliphatic rings. The number of nitrogens with zero attached hydrogens (tertiary/aromatic N) is 1. The van der Waals surface area contributed by atoms with Crippen LogP contribution in [0, 0.1) is 6.92 Å². The summed E-state index contributed by atoms with van der Waals surface area (Å²) in [5.74, 6) is 0. The number of pyridine rings is 1. The van der Waals surface area contributed by atoms with E-state index in [0.717, 1.165) is 6.54 Å². The molecular formula is C16H20N2S. The Morgan fingerprint density at radius 1 is 1.21 bits per heavy atom. The molecule has 3 heteroatoms. The Morgan fingerprint density at radius 2 is 1.95 bits per heavy atom. The van der Waals surface area contributed by atoms with E-state index < -0.39 is 0 Å². The number of hydrogen-bond acceptors (Lipinski definition) is 3. The highest BCUT2D eigenvalue weighted by Crippen LogP contribution is 2.26. The van der Waals surface area contributed by atoms with E-state index in [-0.39, 0.29) is 6.04 Å². The van der Waals surface area contributed by atoms with Crippen molar-refractivity contribution in [2.24, 2.45) is 0 Å². The van der Waals surface area contributed by atoms with Gasteiger partial charge in [0.2, 0.25) is 0 Å². The largest absolute Gasteiger partial charge is 0.306 e. The van der Waals surface area contributed by atoms with Gasteiger partial charge >= 0.3 is 0 Å². The highest BCUT2D eigenvalue weighted by atomic mass is 32.2. The monoisotopic (exact) mass is 272 g/mol. The lowest BCUT2D eigenvalue weighted by atomic mass is 9.97. The Kier molecular flexibility index (Phi) is 5.00. The topological polar surface area (TPSA) is 24.9 Å². The second kappa shape index (κ2) is 6.73. The Morgan fingerprint density at radius 3 is 2.53 bits per heavy atom. The summed E-state index contributed by atoms with van der Waals surface area (Å²) in [7, 11) is 0. The zero-order valence-electron chi connectivity index (χ0n) is 11.7. The highest BCUT2D eigenvalue weighted by Gasteiger charge is 2.15. The first-order valence-corrected chi connectivity index (χ1v) is 7.76. The number of aryl methyl sites for hydroxylation is 1. The molecule has 1 N–H and O–H groups in total. The van der Waals surface area contributed by atoms with Crippen LogP contribution in [0.3, 0.4) is 0 Å². The third-order valence-electron chi connectivity index (χ3n) is 3.25. The Bertz CT molecular complexity index is 523. The van der Waals surface area contributed by atoms with Gasteiger partial charge in [-0.15, -0.1) is 11.8 Å². The van der Waals surface area contributed by atoms with Crippen LogP contribution in [-0.2, 0) is 0 Å². The molecule has 0 amide bonds. The lowest BCUT2D eigenvalue weighted by Gasteiger charge is -2.20.